The summed E-state index contributed by atoms with van der Waals surface area (Å²) in [7, 11) is -0.0198. The van der Waals surface area contributed by atoms with E-state index in [2.05, 4.69) is 4.98 Å². The lowest BCUT2D eigenvalue weighted by Crippen LogP contribution is -2.48. The molecule has 1 amide bonds. The molecule has 1 saturated heterocycles. The molecule has 1 atom stereocenters. The zero-order valence-electron chi connectivity index (χ0n) is 19.1. The predicted octanol–water partition coefficient (Wildman–Crippen LogP) is 4.06. The number of carbonyl (C=O) groups excluding carboxylic acids is 1. The number of nitro groups is 1. The Morgan fingerprint density at radius 1 is 1.26 bits per heavy atom. The maximum absolute atomic E-state index is 13.8. The number of rotatable bonds is 9. The Bertz CT molecular complexity index is 1360. The average molecular weight is 558 g/mol. The molecule has 4 rings (SSSR count). The van der Waals surface area contributed by atoms with E-state index < -0.39 is 21.0 Å². The Kier molecular flexibility index (Phi) is 7.74. The first-order valence-electron chi connectivity index (χ1n) is 10.9. The van der Waals surface area contributed by atoms with Crippen LogP contribution >= 0.6 is 34.3 Å². The number of anilines is 1. The van der Waals surface area contributed by atoms with E-state index in [1.165, 1.54) is 44.8 Å². The summed E-state index contributed by atoms with van der Waals surface area (Å²) in [6.45, 7) is 1.31. The summed E-state index contributed by atoms with van der Waals surface area (Å²) in [6.07, 6.45) is 1.61. The molecule has 3 heterocycles. The van der Waals surface area contributed by atoms with Gasteiger partial charge in [-0.2, -0.15) is 4.31 Å². The van der Waals surface area contributed by atoms with E-state index in [-0.39, 0.29) is 22.3 Å². The van der Waals surface area contributed by atoms with Gasteiger partial charge in [-0.05, 0) is 58.1 Å². The highest BCUT2D eigenvalue weighted by molar-refractivity contribution is 7.91. The second-order valence-corrected chi connectivity index (χ2v) is 13.2. The highest BCUT2D eigenvalue weighted by atomic mass is 35.5. The molecule has 1 unspecified atom stereocenters. The minimum absolute atomic E-state index is 0.0548. The molecular formula is C21H24ClN5O5S3. The third-order valence-corrected chi connectivity index (χ3v) is 10.3. The summed E-state index contributed by atoms with van der Waals surface area (Å²) in [6, 6.07) is 6.49. The van der Waals surface area contributed by atoms with Gasteiger partial charge in [0, 0.05) is 25.2 Å². The Labute approximate surface area is 215 Å². The van der Waals surface area contributed by atoms with Gasteiger partial charge in [-0.25, -0.2) is 13.4 Å². The topological polar surface area (TPSA) is 117 Å². The molecule has 10 nitrogen and oxygen atoms in total. The maximum Gasteiger partial charge on any atom is 0.270 e. The van der Waals surface area contributed by atoms with Gasteiger partial charge < -0.3 is 4.90 Å². The van der Waals surface area contributed by atoms with Crippen molar-refractivity contribution in [2.24, 2.45) is 0 Å². The first-order chi connectivity index (χ1) is 16.6. The van der Waals surface area contributed by atoms with Gasteiger partial charge in [0.25, 0.3) is 15.7 Å². The summed E-state index contributed by atoms with van der Waals surface area (Å²) in [5, 5.41) is 11.6. The highest BCUT2D eigenvalue weighted by Crippen LogP contribution is 2.35. The second kappa shape index (κ2) is 10.4. The molecule has 35 heavy (non-hydrogen) atoms. The summed E-state index contributed by atoms with van der Waals surface area (Å²) in [5.74, 6) is -0.346. The molecule has 1 aromatic carbocycles. The second-order valence-electron chi connectivity index (χ2n) is 8.38. The van der Waals surface area contributed by atoms with Gasteiger partial charge in [-0.15, -0.1) is 11.3 Å². The Morgan fingerprint density at radius 2 is 2.03 bits per heavy atom. The van der Waals surface area contributed by atoms with Gasteiger partial charge >= 0.3 is 0 Å². The van der Waals surface area contributed by atoms with Crippen LogP contribution in [0.5, 0.6) is 0 Å². The Hall–Kier alpha value is -2.16. The lowest BCUT2D eigenvalue weighted by Gasteiger charge is -2.28. The fourth-order valence-corrected chi connectivity index (χ4v) is 8.27. The van der Waals surface area contributed by atoms with Crippen LogP contribution in [0.3, 0.4) is 0 Å². The third-order valence-electron chi connectivity index (χ3n) is 5.66. The molecule has 3 aromatic rings. The van der Waals surface area contributed by atoms with E-state index in [4.69, 9.17) is 11.6 Å². The van der Waals surface area contributed by atoms with Crippen molar-refractivity contribution in [3.63, 3.8) is 0 Å². The number of hydrogen-bond donors (Lipinski definition) is 0. The number of hydrogen-bond acceptors (Lipinski definition) is 9. The Morgan fingerprint density at radius 3 is 2.69 bits per heavy atom. The van der Waals surface area contributed by atoms with Crippen molar-refractivity contribution in [2.45, 2.75) is 29.5 Å². The minimum Gasteiger partial charge on any atom is -0.309 e. The zero-order valence-corrected chi connectivity index (χ0v) is 22.3. The molecule has 0 saturated carbocycles. The van der Waals surface area contributed by atoms with Crippen molar-refractivity contribution in [2.75, 3.05) is 38.6 Å². The molecule has 0 N–H and O–H groups in total. The molecule has 14 heteroatoms. The number of nitrogens with zero attached hydrogens (tertiary/aromatic N) is 5. The third kappa shape index (κ3) is 5.49. The van der Waals surface area contributed by atoms with Crippen molar-refractivity contribution in [3.8, 4) is 0 Å². The maximum atomic E-state index is 13.8. The number of fused-ring (bicyclic) bond motifs is 1. The molecule has 0 aliphatic carbocycles. The van der Waals surface area contributed by atoms with Gasteiger partial charge in [0.1, 0.15) is 10.3 Å². The zero-order chi connectivity index (χ0) is 25.3. The van der Waals surface area contributed by atoms with Crippen molar-refractivity contribution in [1.82, 2.24) is 14.2 Å². The van der Waals surface area contributed by atoms with E-state index >= 15 is 0 Å². The van der Waals surface area contributed by atoms with E-state index in [0.717, 1.165) is 17.9 Å². The van der Waals surface area contributed by atoms with E-state index in [1.54, 1.807) is 6.07 Å². The minimum atomic E-state index is -3.88. The number of nitro benzene ring substituents is 1. The van der Waals surface area contributed by atoms with Crippen LogP contribution < -0.4 is 4.90 Å². The van der Waals surface area contributed by atoms with Gasteiger partial charge in [-0.1, -0.05) is 22.9 Å². The van der Waals surface area contributed by atoms with Gasteiger partial charge in [0.15, 0.2) is 5.13 Å². The normalized spacial score (nSPS) is 16.9. The Balaban J connectivity index is 1.67. The lowest BCUT2D eigenvalue weighted by atomic mass is 10.2. The molecular weight excluding hydrogens is 534 g/mol. The van der Waals surface area contributed by atoms with Crippen LogP contribution in [0.4, 0.5) is 10.8 Å². The average Bonchev–Trinajstić information content (AvgIpc) is 3.54. The lowest BCUT2D eigenvalue weighted by molar-refractivity contribution is -0.384. The predicted molar refractivity (Wildman–Crippen MR) is 138 cm³/mol. The highest BCUT2D eigenvalue weighted by Gasteiger charge is 2.42. The number of non-ortho nitro benzene ring substituents is 1. The molecule has 0 bridgehead atoms. The molecule has 2 aromatic heterocycles. The van der Waals surface area contributed by atoms with E-state index in [9.17, 15) is 23.3 Å². The van der Waals surface area contributed by atoms with Crippen LogP contribution in [-0.4, -0.2) is 73.2 Å². The standard InChI is InChI=1S/C21H24ClN5O5S3/c1-24(2)10-4-11-25(21-23-15-7-6-14(27(29)30)13-17(15)33-21)20(28)16-5-3-12-26(16)35(31,32)19-9-8-18(22)34-19/h6-9,13,16H,3-5,10-12H2,1-2H3. The van der Waals surface area contributed by atoms with Crippen molar-refractivity contribution < 1.29 is 18.1 Å². The number of thiophene rings is 1. The molecule has 188 valence electrons. The first kappa shape index (κ1) is 25.9. The van der Waals surface area contributed by atoms with Crippen LogP contribution in [-0.2, 0) is 14.8 Å². The van der Waals surface area contributed by atoms with E-state index in [1.807, 2.05) is 19.0 Å². The van der Waals surface area contributed by atoms with Gasteiger partial charge in [0.05, 0.1) is 19.5 Å². The molecule has 0 radical (unpaired) electrons. The number of halogens is 1. The quantitative estimate of drug-likeness (QED) is 0.287. The number of amides is 1. The SMILES string of the molecule is CN(C)CCCN(C(=O)C1CCCN1S(=O)(=O)c1ccc(Cl)s1)c1nc2ccc([N+](=O)[O-])cc2s1. The largest absolute Gasteiger partial charge is 0.309 e. The van der Waals surface area contributed by atoms with Gasteiger partial charge in [-0.3, -0.25) is 19.8 Å². The van der Waals surface area contributed by atoms with Crippen LogP contribution in [0.1, 0.15) is 19.3 Å². The number of thiazole rings is 1. The molecule has 1 aliphatic rings. The first-order valence-corrected chi connectivity index (χ1v) is 14.3. The smallest absolute Gasteiger partial charge is 0.270 e. The summed E-state index contributed by atoms with van der Waals surface area (Å²) in [5.41, 5.74) is 0.492. The fraction of sp³-hybridized carbons (Fsp3) is 0.429. The summed E-state index contributed by atoms with van der Waals surface area (Å²) < 4.78 is 28.9. The fourth-order valence-electron chi connectivity index (χ4n) is 3.98. The van der Waals surface area contributed by atoms with Crippen molar-refractivity contribution in [1.29, 1.82) is 0 Å². The van der Waals surface area contributed by atoms with Crippen molar-refractivity contribution in [3.05, 3.63) is 44.8 Å². The number of sulfonamides is 1. The van der Waals surface area contributed by atoms with Crippen LogP contribution in [0, 0.1) is 10.1 Å². The molecule has 0 spiro atoms. The summed E-state index contributed by atoms with van der Waals surface area (Å²) >= 11 is 8.11. The number of aromatic nitrogens is 1. The molecule has 1 fully saturated rings. The number of carbonyl (C=O) groups is 1. The molecule has 1 aliphatic heterocycles. The summed E-state index contributed by atoms with van der Waals surface area (Å²) in [4.78, 5) is 32.6. The van der Waals surface area contributed by atoms with Crippen LogP contribution in [0.2, 0.25) is 4.34 Å². The van der Waals surface area contributed by atoms with Crippen molar-refractivity contribution >= 4 is 71.2 Å². The van der Waals surface area contributed by atoms with E-state index in [0.29, 0.717) is 45.5 Å². The van der Waals surface area contributed by atoms with Crippen LogP contribution in [0.15, 0.2) is 34.5 Å². The van der Waals surface area contributed by atoms with Gasteiger partial charge in [0.2, 0.25) is 5.91 Å². The van der Waals surface area contributed by atoms with Crippen LogP contribution in [0.25, 0.3) is 10.2 Å². The monoisotopic (exact) mass is 557 g/mol. The number of benzene rings is 1.